The van der Waals surface area contributed by atoms with Crippen LogP contribution in [0.15, 0.2) is 216 Å². The highest BCUT2D eigenvalue weighted by atomic mass is 32.2. The van der Waals surface area contributed by atoms with E-state index in [0.717, 1.165) is 106 Å². The molecule has 0 amide bonds. The number of nitriles is 1. The molecule has 1 unspecified atom stereocenters. The van der Waals surface area contributed by atoms with Crippen molar-refractivity contribution in [3.05, 3.63) is 234 Å². The van der Waals surface area contributed by atoms with E-state index in [0.29, 0.717) is 5.56 Å². The first-order chi connectivity index (χ1) is 33.7. The van der Waals surface area contributed by atoms with Crippen molar-refractivity contribution in [2.75, 3.05) is 4.90 Å². The van der Waals surface area contributed by atoms with Crippen LogP contribution in [0.5, 0.6) is 11.5 Å². The monoisotopic (exact) mass is 886 g/mol. The summed E-state index contributed by atoms with van der Waals surface area (Å²) < 4.78 is 11.7. The van der Waals surface area contributed by atoms with E-state index >= 15 is 0 Å². The van der Waals surface area contributed by atoms with Crippen LogP contribution < -0.4 is 9.64 Å². The number of hydrogen-bond donors (Lipinski definition) is 0. The van der Waals surface area contributed by atoms with Crippen LogP contribution >= 0.6 is 11.8 Å². The molecule has 1 aliphatic carbocycles. The Hall–Kier alpha value is -8.90. The highest BCUT2D eigenvalue weighted by Gasteiger charge is 2.53. The summed E-state index contributed by atoms with van der Waals surface area (Å²) in [5, 5.41) is 14.4. The van der Waals surface area contributed by atoms with E-state index in [-0.39, 0.29) is 0 Å². The first kappa shape index (κ1) is 37.3. The summed E-state index contributed by atoms with van der Waals surface area (Å²) in [6.45, 7) is 0. The number of nitrogens with zero attached hydrogens (tertiary/aromatic N) is 6. The van der Waals surface area contributed by atoms with Gasteiger partial charge in [-0.15, -0.1) is 0 Å². The quantitative estimate of drug-likeness (QED) is 0.176. The largest absolute Gasteiger partial charge is 0.457 e. The van der Waals surface area contributed by atoms with Crippen molar-refractivity contribution in [3.63, 3.8) is 0 Å². The summed E-state index contributed by atoms with van der Waals surface area (Å²) in [6.07, 6.45) is 3.99. The maximum absolute atomic E-state index is 9.98. The Morgan fingerprint density at radius 2 is 0.941 bits per heavy atom. The van der Waals surface area contributed by atoms with Gasteiger partial charge in [0.25, 0.3) is 0 Å². The molecule has 0 saturated carbocycles. The zero-order valence-corrected chi connectivity index (χ0v) is 36.9. The van der Waals surface area contributed by atoms with Gasteiger partial charge in [0.15, 0.2) is 0 Å². The topological polar surface area (TPSA) is 71.9 Å². The summed E-state index contributed by atoms with van der Waals surface area (Å²) >= 11 is 1.80. The third-order valence-electron chi connectivity index (χ3n) is 14.2. The van der Waals surface area contributed by atoms with Gasteiger partial charge in [-0.2, -0.15) is 5.26 Å². The number of hydrogen-bond acceptors (Lipinski definition) is 6. The zero-order chi connectivity index (χ0) is 44.7. The zero-order valence-electron chi connectivity index (χ0n) is 36.1. The standard InChI is InChI=1S/C60H34N6OS/c61-33-36-25-27-51-43(29-36)42-15-3-7-19-50(42)66(51)39-32-47-59(63-35-39)58-46(31-38(34-62-58)65-48-17-5-1-13-40(48)41-14-2-6-18-49(41)65)60(47)44-16-4-10-22-54(44)67-55-28-26-37(30-45(55)60)64-52-20-8-11-23-56(52)68-57-24-12-9-21-53(57)64/h1-32,34-35H. The molecular formula is C60H34N6OS. The molecule has 3 aliphatic rings. The number of aromatic nitrogens is 4. The molecule has 1 atom stereocenters. The normalized spacial score (nSPS) is 15.1. The Kier molecular flexibility index (Phi) is 7.58. The average molecular weight is 887 g/mol. The van der Waals surface area contributed by atoms with Gasteiger partial charge < -0.3 is 18.8 Å². The summed E-state index contributed by atoms with van der Waals surface area (Å²) in [5.74, 6) is 1.55. The van der Waals surface area contributed by atoms with Crippen molar-refractivity contribution < 1.29 is 4.74 Å². The SMILES string of the molecule is N#Cc1ccc2c(c1)c1ccccc1n2-c1cnc2c(c1)C1(c3ccccc3Oc3ccc(N4c5ccccc5Sc5ccccc54)cc31)c1cc(-n3c4ccccc4c4ccccc43)cnc1-2. The van der Waals surface area contributed by atoms with Crippen LogP contribution in [0.2, 0.25) is 0 Å². The molecule has 0 fully saturated rings. The van der Waals surface area contributed by atoms with Crippen molar-refractivity contribution in [2.24, 2.45) is 0 Å². The van der Waals surface area contributed by atoms with E-state index in [1.165, 1.54) is 20.6 Å². The van der Waals surface area contributed by atoms with Crippen molar-refractivity contribution >= 4 is 72.4 Å². The van der Waals surface area contributed by atoms with E-state index in [1.807, 2.05) is 24.5 Å². The molecule has 6 heterocycles. The lowest BCUT2D eigenvalue weighted by molar-refractivity contribution is 0.436. The van der Waals surface area contributed by atoms with Gasteiger partial charge in [0.05, 0.1) is 85.6 Å². The van der Waals surface area contributed by atoms with Crippen LogP contribution in [-0.2, 0) is 5.41 Å². The summed E-state index contributed by atoms with van der Waals surface area (Å²) in [7, 11) is 0. The van der Waals surface area contributed by atoms with Crippen molar-refractivity contribution in [1.29, 1.82) is 5.26 Å². The fourth-order valence-electron chi connectivity index (χ4n) is 11.5. The molecule has 0 bridgehead atoms. The van der Waals surface area contributed by atoms with Gasteiger partial charge in [0.1, 0.15) is 11.5 Å². The van der Waals surface area contributed by atoms with Crippen LogP contribution in [-0.4, -0.2) is 19.1 Å². The predicted octanol–water partition coefficient (Wildman–Crippen LogP) is 14.9. The second-order valence-electron chi connectivity index (χ2n) is 17.6. The van der Waals surface area contributed by atoms with Crippen molar-refractivity contribution in [2.45, 2.75) is 15.2 Å². The van der Waals surface area contributed by atoms with Gasteiger partial charge in [0.2, 0.25) is 0 Å². The minimum Gasteiger partial charge on any atom is -0.457 e. The maximum atomic E-state index is 9.98. The molecule has 8 aromatic carbocycles. The molecule has 316 valence electrons. The Bertz CT molecular complexity index is 4120. The highest BCUT2D eigenvalue weighted by Crippen LogP contribution is 2.63. The van der Waals surface area contributed by atoms with Crippen molar-refractivity contribution in [1.82, 2.24) is 19.1 Å². The molecule has 15 rings (SSSR count). The van der Waals surface area contributed by atoms with Crippen LogP contribution in [0.3, 0.4) is 0 Å². The third kappa shape index (κ3) is 4.92. The molecular weight excluding hydrogens is 853 g/mol. The molecule has 2 aliphatic heterocycles. The fourth-order valence-corrected chi connectivity index (χ4v) is 12.6. The second kappa shape index (κ2) is 13.8. The number of fused-ring (bicyclic) bond motifs is 17. The molecule has 4 aromatic heterocycles. The Labute approximate surface area is 394 Å². The summed E-state index contributed by atoms with van der Waals surface area (Å²) in [5.41, 5.74) is 14.8. The van der Waals surface area contributed by atoms with Crippen LogP contribution in [0, 0.1) is 11.3 Å². The minimum atomic E-state index is -0.939. The maximum Gasteiger partial charge on any atom is 0.132 e. The van der Waals surface area contributed by atoms with Gasteiger partial charge in [-0.3, -0.25) is 9.97 Å². The fraction of sp³-hybridized carbons (Fsp3) is 0.0167. The van der Waals surface area contributed by atoms with Crippen LogP contribution in [0.1, 0.15) is 27.8 Å². The van der Waals surface area contributed by atoms with E-state index < -0.39 is 5.41 Å². The number of anilines is 3. The smallest absolute Gasteiger partial charge is 0.132 e. The molecule has 68 heavy (non-hydrogen) atoms. The van der Waals surface area contributed by atoms with Crippen LogP contribution in [0.25, 0.3) is 66.4 Å². The third-order valence-corrected chi connectivity index (χ3v) is 15.4. The van der Waals surface area contributed by atoms with Gasteiger partial charge in [0, 0.05) is 59.3 Å². The number of rotatable bonds is 3. The Morgan fingerprint density at radius 1 is 0.441 bits per heavy atom. The lowest BCUT2D eigenvalue weighted by atomic mass is 9.66. The number of ether oxygens (including phenoxy) is 1. The lowest BCUT2D eigenvalue weighted by Gasteiger charge is -2.40. The Balaban J connectivity index is 1.06. The van der Waals surface area contributed by atoms with E-state index in [2.05, 4.69) is 202 Å². The molecule has 1 spiro atoms. The molecule has 0 radical (unpaired) electrons. The molecule has 0 saturated heterocycles. The number of benzene rings is 8. The molecule has 8 heteroatoms. The molecule has 0 N–H and O–H groups in total. The van der Waals surface area contributed by atoms with Gasteiger partial charge >= 0.3 is 0 Å². The van der Waals surface area contributed by atoms with Gasteiger partial charge in [-0.25, -0.2) is 0 Å². The minimum absolute atomic E-state index is 0.621. The number of pyridine rings is 2. The average Bonchev–Trinajstić information content (AvgIpc) is 4.01. The van der Waals surface area contributed by atoms with Crippen LogP contribution in [0.4, 0.5) is 17.1 Å². The number of para-hydroxylation sites is 6. The second-order valence-corrected chi connectivity index (χ2v) is 18.7. The van der Waals surface area contributed by atoms with Crippen molar-refractivity contribution in [3.8, 4) is 40.3 Å². The first-order valence-corrected chi connectivity index (χ1v) is 23.5. The Morgan fingerprint density at radius 3 is 1.56 bits per heavy atom. The molecule has 12 aromatic rings. The lowest BCUT2D eigenvalue weighted by Crippen LogP contribution is -2.33. The summed E-state index contributed by atoms with van der Waals surface area (Å²) in [4.78, 5) is 15.7. The van der Waals surface area contributed by atoms with E-state index in [1.54, 1.807) is 11.8 Å². The summed E-state index contributed by atoms with van der Waals surface area (Å²) in [6, 6.07) is 71.1. The predicted molar refractivity (Wildman–Crippen MR) is 272 cm³/mol. The van der Waals surface area contributed by atoms with E-state index in [9.17, 15) is 5.26 Å². The van der Waals surface area contributed by atoms with Gasteiger partial charge in [-0.05, 0) is 97.1 Å². The van der Waals surface area contributed by atoms with E-state index in [4.69, 9.17) is 14.7 Å². The first-order valence-electron chi connectivity index (χ1n) is 22.7. The van der Waals surface area contributed by atoms with Gasteiger partial charge in [-0.1, -0.05) is 109 Å². The molecule has 7 nitrogen and oxygen atoms in total. The highest BCUT2D eigenvalue weighted by molar-refractivity contribution is 7.99.